The fourth-order valence-corrected chi connectivity index (χ4v) is 4.99. The smallest absolute Gasteiger partial charge is 0.407 e. The van der Waals surface area contributed by atoms with Gasteiger partial charge in [0.05, 0.1) is 16.2 Å². The Bertz CT molecular complexity index is 820. The summed E-state index contributed by atoms with van der Waals surface area (Å²) in [6, 6.07) is 5.83. The first-order valence-electron chi connectivity index (χ1n) is 10.4. The molecule has 2 N–H and O–H groups in total. The van der Waals surface area contributed by atoms with Crippen molar-refractivity contribution in [1.29, 1.82) is 0 Å². The van der Waals surface area contributed by atoms with E-state index < -0.39 is 27.1 Å². The Hall–Kier alpha value is -1.93. The molecule has 1 rings (SSSR count). The average Bonchev–Trinajstić information content (AvgIpc) is 2.60. The predicted molar refractivity (Wildman–Crippen MR) is 116 cm³/mol. The maximum absolute atomic E-state index is 12.9. The number of alkyl carbamates (subject to hydrolysis) is 1. The molecule has 0 fully saturated rings. The monoisotopic (exact) mass is 441 g/mol. The maximum atomic E-state index is 12.9. The predicted octanol–water partition coefficient (Wildman–Crippen LogP) is 3.89. The lowest BCUT2D eigenvalue weighted by atomic mass is 9.95. The molecule has 30 heavy (non-hydrogen) atoms. The fraction of sp³-hybridized carbons (Fsp3) is 0.636. The van der Waals surface area contributed by atoms with E-state index in [9.17, 15) is 23.1 Å². The molecule has 0 heterocycles. The molecule has 0 saturated heterocycles. The summed E-state index contributed by atoms with van der Waals surface area (Å²) in [4.78, 5) is 24.1. The Morgan fingerprint density at radius 3 is 2.23 bits per heavy atom. The van der Waals surface area contributed by atoms with Gasteiger partial charge in [-0.1, -0.05) is 38.8 Å². The number of aliphatic hydroxyl groups is 1. The third-order valence-electron chi connectivity index (χ3n) is 4.42. The number of Topliss-reactive ketones (excluding diaryl/α,β-unsaturated/α-hetero) is 1. The van der Waals surface area contributed by atoms with Crippen LogP contribution >= 0.6 is 0 Å². The molecule has 1 aromatic carbocycles. The number of nitrogens with one attached hydrogen (secondary N) is 1. The van der Waals surface area contributed by atoms with Crippen molar-refractivity contribution in [2.24, 2.45) is 0 Å². The van der Waals surface area contributed by atoms with Gasteiger partial charge in [-0.3, -0.25) is 4.79 Å². The van der Waals surface area contributed by atoms with E-state index in [4.69, 9.17) is 4.74 Å². The van der Waals surface area contributed by atoms with Crippen LogP contribution in [-0.2, 0) is 14.6 Å². The van der Waals surface area contributed by atoms with Gasteiger partial charge in [0.25, 0.3) is 0 Å². The number of ether oxygens (including phenoxy) is 1. The van der Waals surface area contributed by atoms with Crippen LogP contribution in [0, 0.1) is 0 Å². The standard InChI is InChI=1S/C22H35NO6S/c1-6-12-22(26,13-7-2)16-30(27,28)18-10-8-9-17(15-18)19(24)11-14-23-20(25)29-21(3,4)5/h8-10,15,26H,6-7,11-14,16H2,1-5H3,(H,23,25). The first-order chi connectivity index (χ1) is 13.8. The Morgan fingerprint density at radius 2 is 1.70 bits per heavy atom. The van der Waals surface area contributed by atoms with Crippen LogP contribution in [-0.4, -0.2) is 48.9 Å². The summed E-state index contributed by atoms with van der Waals surface area (Å²) in [5.41, 5.74) is -1.66. The largest absolute Gasteiger partial charge is 0.444 e. The minimum absolute atomic E-state index is 0.0123. The van der Waals surface area contributed by atoms with Crippen LogP contribution in [0.1, 0.15) is 77.1 Å². The molecule has 0 radical (unpaired) electrons. The number of benzene rings is 1. The lowest BCUT2D eigenvalue weighted by molar-refractivity contribution is 0.0437. The molecule has 0 bridgehead atoms. The highest BCUT2D eigenvalue weighted by Gasteiger charge is 2.32. The summed E-state index contributed by atoms with van der Waals surface area (Å²) in [7, 11) is -3.76. The number of carbonyl (C=O) groups is 2. The number of rotatable bonds is 11. The minimum Gasteiger partial charge on any atom is -0.444 e. The molecule has 0 aliphatic heterocycles. The summed E-state index contributed by atoms with van der Waals surface area (Å²) in [5.74, 6) is -0.667. The van der Waals surface area contributed by atoms with Gasteiger partial charge in [-0.25, -0.2) is 13.2 Å². The molecule has 0 aliphatic carbocycles. The number of ketones is 1. The van der Waals surface area contributed by atoms with Crippen LogP contribution in [0.5, 0.6) is 0 Å². The molecular formula is C22H35NO6S. The van der Waals surface area contributed by atoms with Crippen molar-refractivity contribution in [3.05, 3.63) is 29.8 Å². The lowest BCUT2D eigenvalue weighted by Gasteiger charge is -2.27. The molecule has 8 heteroatoms. The second kappa shape index (κ2) is 10.9. The second-order valence-electron chi connectivity index (χ2n) is 8.61. The first-order valence-corrected chi connectivity index (χ1v) is 12.0. The molecule has 0 spiro atoms. The normalized spacial score (nSPS) is 12.5. The highest BCUT2D eigenvalue weighted by molar-refractivity contribution is 7.91. The third kappa shape index (κ3) is 8.83. The molecular weight excluding hydrogens is 406 g/mol. The van der Waals surface area contributed by atoms with E-state index >= 15 is 0 Å². The van der Waals surface area contributed by atoms with Crippen molar-refractivity contribution < 1.29 is 27.9 Å². The summed E-state index contributed by atoms with van der Waals surface area (Å²) in [5, 5.41) is 13.2. The number of hydrogen-bond acceptors (Lipinski definition) is 6. The van der Waals surface area contributed by atoms with Crippen molar-refractivity contribution in [3.8, 4) is 0 Å². The van der Waals surface area contributed by atoms with E-state index in [0.717, 1.165) is 0 Å². The van der Waals surface area contributed by atoms with Crippen LogP contribution in [0.3, 0.4) is 0 Å². The van der Waals surface area contributed by atoms with Crippen molar-refractivity contribution in [3.63, 3.8) is 0 Å². The molecule has 0 aliphatic rings. The van der Waals surface area contributed by atoms with Gasteiger partial charge in [0, 0.05) is 18.5 Å². The molecule has 0 unspecified atom stereocenters. The Labute approximate surface area is 180 Å². The zero-order chi connectivity index (χ0) is 23.0. The van der Waals surface area contributed by atoms with Crippen LogP contribution in [0.15, 0.2) is 29.2 Å². The first kappa shape index (κ1) is 26.1. The van der Waals surface area contributed by atoms with Gasteiger partial charge in [-0.15, -0.1) is 0 Å². The number of hydrogen-bond donors (Lipinski definition) is 2. The summed E-state index contributed by atoms with van der Waals surface area (Å²) in [6.45, 7) is 9.11. The van der Waals surface area contributed by atoms with Gasteiger partial charge in [0.2, 0.25) is 0 Å². The van der Waals surface area contributed by atoms with Crippen LogP contribution in [0.25, 0.3) is 0 Å². The summed E-state index contributed by atoms with van der Waals surface area (Å²) >= 11 is 0. The van der Waals surface area contributed by atoms with Gasteiger partial charge in [-0.2, -0.15) is 0 Å². The molecule has 0 saturated carbocycles. The fourth-order valence-electron chi connectivity index (χ4n) is 3.24. The van der Waals surface area contributed by atoms with Gasteiger partial charge in [0.1, 0.15) is 5.60 Å². The van der Waals surface area contributed by atoms with Gasteiger partial charge >= 0.3 is 6.09 Å². The molecule has 1 aromatic rings. The summed E-state index contributed by atoms with van der Waals surface area (Å²) < 4.78 is 30.8. The minimum atomic E-state index is -3.76. The lowest BCUT2D eigenvalue weighted by Crippen LogP contribution is -2.37. The van der Waals surface area contributed by atoms with Crippen molar-refractivity contribution >= 4 is 21.7 Å². The number of amides is 1. The number of sulfone groups is 1. The zero-order valence-electron chi connectivity index (χ0n) is 18.7. The third-order valence-corrected chi connectivity index (χ3v) is 6.31. The molecule has 7 nitrogen and oxygen atoms in total. The highest BCUT2D eigenvalue weighted by atomic mass is 32.2. The van der Waals surface area contributed by atoms with Gasteiger partial charge in [0.15, 0.2) is 15.6 Å². The van der Waals surface area contributed by atoms with Crippen molar-refractivity contribution in [1.82, 2.24) is 5.32 Å². The van der Waals surface area contributed by atoms with E-state index in [-0.39, 0.29) is 35.0 Å². The molecule has 0 atom stereocenters. The van der Waals surface area contributed by atoms with Crippen molar-refractivity contribution in [2.75, 3.05) is 12.3 Å². The SMILES string of the molecule is CCCC(O)(CCC)CS(=O)(=O)c1cccc(C(=O)CCNC(=O)OC(C)(C)C)c1. The van der Waals surface area contributed by atoms with E-state index in [1.807, 2.05) is 13.8 Å². The van der Waals surface area contributed by atoms with Crippen LogP contribution < -0.4 is 5.32 Å². The van der Waals surface area contributed by atoms with E-state index in [1.165, 1.54) is 18.2 Å². The van der Waals surface area contributed by atoms with E-state index in [2.05, 4.69) is 5.32 Å². The quantitative estimate of drug-likeness (QED) is 0.504. The summed E-state index contributed by atoms with van der Waals surface area (Å²) in [6.07, 6.45) is 1.55. The molecule has 1 amide bonds. The molecule has 0 aromatic heterocycles. The topological polar surface area (TPSA) is 110 Å². The van der Waals surface area contributed by atoms with Crippen molar-refractivity contribution in [2.45, 2.75) is 82.8 Å². The van der Waals surface area contributed by atoms with Gasteiger partial charge < -0.3 is 15.2 Å². The highest BCUT2D eigenvalue weighted by Crippen LogP contribution is 2.25. The average molecular weight is 442 g/mol. The Balaban J connectivity index is 2.83. The maximum Gasteiger partial charge on any atom is 0.407 e. The molecule has 170 valence electrons. The second-order valence-corrected chi connectivity index (χ2v) is 10.6. The zero-order valence-corrected chi connectivity index (χ0v) is 19.5. The Kier molecular flexibility index (Phi) is 9.49. The van der Waals surface area contributed by atoms with Crippen LogP contribution in [0.2, 0.25) is 0 Å². The van der Waals surface area contributed by atoms with Crippen LogP contribution in [0.4, 0.5) is 4.79 Å². The number of carbonyl (C=O) groups excluding carboxylic acids is 2. The van der Waals surface area contributed by atoms with E-state index in [0.29, 0.717) is 25.7 Å². The Morgan fingerprint density at radius 1 is 1.10 bits per heavy atom. The van der Waals surface area contributed by atoms with E-state index in [1.54, 1.807) is 26.8 Å². The van der Waals surface area contributed by atoms with Gasteiger partial charge in [-0.05, 0) is 45.7 Å².